The molecule has 0 saturated heterocycles. The maximum Gasteiger partial charge on any atom is 0.231 e. The van der Waals surface area contributed by atoms with Crippen LogP contribution >= 0.6 is 0 Å². The summed E-state index contributed by atoms with van der Waals surface area (Å²) in [4.78, 5) is 4.71. The minimum atomic E-state index is 0.257. The topological polar surface area (TPSA) is 60.1 Å². The van der Waals surface area contributed by atoms with Gasteiger partial charge in [-0.25, -0.2) is 4.98 Å². The SMILES string of the molecule is CCc1nc2cc3c(cc2n1Cc1cccc(C#N)c1)OCO3. The Bertz CT molecular complexity index is 937. The van der Waals surface area contributed by atoms with E-state index in [0.717, 1.165) is 40.3 Å². The second kappa shape index (κ2) is 5.33. The number of hydrogen-bond acceptors (Lipinski definition) is 4. The zero-order chi connectivity index (χ0) is 15.8. The molecule has 2 aromatic carbocycles. The zero-order valence-corrected chi connectivity index (χ0v) is 12.7. The summed E-state index contributed by atoms with van der Waals surface area (Å²) in [6, 6.07) is 13.8. The maximum absolute atomic E-state index is 9.07. The number of rotatable bonds is 3. The van der Waals surface area contributed by atoms with Crippen molar-refractivity contribution in [2.75, 3.05) is 6.79 Å². The number of ether oxygens (including phenoxy) is 2. The summed E-state index contributed by atoms with van der Waals surface area (Å²) < 4.78 is 13.1. The molecule has 0 bridgehead atoms. The zero-order valence-electron chi connectivity index (χ0n) is 12.7. The fourth-order valence-corrected chi connectivity index (χ4v) is 2.93. The number of aromatic nitrogens is 2. The van der Waals surface area contributed by atoms with E-state index >= 15 is 0 Å². The standard InChI is InChI=1S/C18H15N3O2/c1-2-18-20-14-7-16-17(23-11-22-16)8-15(14)21(18)10-13-5-3-4-12(6-13)9-19/h3-8H,2,10-11H2,1H3. The van der Waals surface area contributed by atoms with Gasteiger partial charge in [-0.05, 0) is 17.7 Å². The molecule has 5 nitrogen and oxygen atoms in total. The predicted octanol–water partition coefficient (Wildman–Crippen LogP) is 3.25. The summed E-state index contributed by atoms with van der Waals surface area (Å²) >= 11 is 0. The summed E-state index contributed by atoms with van der Waals surface area (Å²) in [6.45, 7) is 3.02. The first-order chi connectivity index (χ1) is 11.3. The van der Waals surface area contributed by atoms with Crippen LogP contribution in [0.5, 0.6) is 11.5 Å². The van der Waals surface area contributed by atoms with Crippen LogP contribution in [0.4, 0.5) is 0 Å². The molecular weight excluding hydrogens is 290 g/mol. The van der Waals surface area contributed by atoms with E-state index in [9.17, 15) is 0 Å². The molecule has 2 heterocycles. The minimum absolute atomic E-state index is 0.257. The molecular formula is C18H15N3O2. The predicted molar refractivity (Wildman–Crippen MR) is 85.5 cm³/mol. The number of nitrogens with zero attached hydrogens (tertiary/aromatic N) is 3. The van der Waals surface area contributed by atoms with Crippen molar-refractivity contribution in [2.24, 2.45) is 0 Å². The average molecular weight is 305 g/mol. The number of hydrogen-bond donors (Lipinski definition) is 0. The molecule has 0 spiro atoms. The van der Waals surface area contributed by atoms with Gasteiger partial charge in [-0.2, -0.15) is 5.26 Å². The molecule has 0 radical (unpaired) electrons. The summed E-state index contributed by atoms with van der Waals surface area (Å²) in [5, 5.41) is 9.07. The second-order valence-corrected chi connectivity index (χ2v) is 5.47. The molecule has 5 heteroatoms. The van der Waals surface area contributed by atoms with Gasteiger partial charge >= 0.3 is 0 Å². The smallest absolute Gasteiger partial charge is 0.231 e. The third kappa shape index (κ3) is 2.29. The van der Waals surface area contributed by atoms with E-state index in [1.165, 1.54) is 0 Å². The fraction of sp³-hybridized carbons (Fsp3) is 0.222. The van der Waals surface area contributed by atoms with Crippen LogP contribution in [-0.2, 0) is 13.0 Å². The summed E-state index contributed by atoms with van der Waals surface area (Å²) in [7, 11) is 0. The van der Waals surface area contributed by atoms with E-state index in [4.69, 9.17) is 19.7 Å². The molecule has 0 N–H and O–H groups in total. The molecule has 0 aliphatic carbocycles. The lowest BCUT2D eigenvalue weighted by Crippen LogP contribution is -2.04. The first kappa shape index (κ1) is 13.6. The van der Waals surface area contributed by atoms with E-state index in [-0.39, 0.29) is 6.79 Å². The lowest BCUT2D eigenvalue weighted by Gasteiger charge is -2.09. The Morgan fingerprint density at radius 3 is 2.83 bits per heavy atom. The van der Waals surface area contributed by atoms with Crippen LogP contribution in [0.3, 0.4) is 0 Å². The molecule has 0 amide bonds. The van der Waals surface area contributed by atoms with Crippen molar-refractivity contribution < 1.29 is 9.47 Å². The highest BCUT2D eigenvalue weighted by molar-refractivity contribution is 5.81. The second-order valence-electron chi connectivity index (χ2n) is 5.47. The van der Waals surface area contributed by atoms with Crippen molar-refractivity contribution in [1.82, 2.24) is 9.55 Å². The van der Waals surface area contributed by atoms with Gasteiger partial charge in [-0.1, -0.05) is 19.1 Å². The van der Waals surface area contributed by atoms with Crippen LogP contribution in [-0.4, -0.2) is 16.3 Å². The van der Waals surface area contributed by atoms with Gasteiger partial charge in [0.05, 0.1) is 22.7 Å². The molecule has 0 fully saturated rings. The Morgan fingerprint density at radius 1 is 1.22 bits per heavy atom. The van der Waals surface area contributed by atoms with Gasteiger partial charge in [-0.3, -0.25) is 0 Å². The number of fused-ring (bicyclic) bond motifs is 2. The highest BCUT2D eigenvalue weighted by atomic mass is 16.7. The Kier molecular flexibility index (Phi) is 3.16. The van der Waals surface area contributed by atoms with Crippen molar-refractivity contribution in [1.29, 1.82) is 5.26 Å². The van der Waals surface area contributed by atoms with E-state index in [1.54, 1.807) is 0 Å². The number of imidazole rings is 1. The molecule has 23 heavy (non-hydrogen) atoms. The van der Waals surface area contributed by atoms with Gasteiger partial charge in [0.15, 0.2) is 11.5 Å². The van der Waals surface area contributed by atoms with Gasteiger partial charge in [0.2, 0.25) is 6.79 Å². The summed E-state index contributed by atoms with van der Waals surface area (Å²) in [6.07, 6.45) is 0.832. The Hall–Kier alpha value is -3.00. The van der Waals surface area contributed by atoms with Crippen molar-refractivity contribution in [3.8, 4) is 17.6 Å². The van der Waals surface area contributed by atoms with E-state index in [0.29, 0.717) is 12.1 Å². The lowest BCUT2D eigenvalue weighted by atomic mass is 10.1. The summed E-state index contributed by atoms with van der Waals surface area (Å²) in [5.74, 6) is 2.51. The average Bonchev–Trinajstić information content (AvgIpc) is 3.17. The molecule has 1 aliphatic heterocycles. The number of aryl methyl sites for hydroxylation is 1. The molecule has 1 aliphatic rings. The Morgan fingerprint density at radius 2 is 2.04 bits per heavy atom. The minimum Gasteiger partial charge on any atom is -0.454 e. The van der Waals surface area contributed by atoms with E-state index in [2.05, 4.69) is 17.6 Å². The molecule has 114 valence electrons. The highest BCUT2D eigenvalue weighted by Gasteiger charge is 2.18. The quantitative estimate of drug-likeness (QED) is 0.745. The molecule has 1 aromatic heterocycles. The van der Waals surface area contributed by atoms with Crippen LogP contribution in [0.2, 0.25) is 0 Å². The van der Waals surface area contributed by atoms with Crippen LogP contribution in [0.15, 0.2) is 36.4 Å². The van der Waals surface area contributed by atoms with Gasteiger partial charge in [-0.15, -0.1) is 0 Å². The summed E-state index contributed by atoms with van der Waals surface area (Å²) in [5.41, 5.74) is 3.68. The number of nitriles is 1. The number of benzene rings is 2. The molecule has 0 atom stereocenters. The molecule has 4 rings (SSSR count). The van der Waals surface area contributed by atoms with E-state index < -0.39 is 0 Å². The maximum atomic E-state index is 9.07. The monoisotopic (exact) mass is 305 g/mol. The van der Waals surface area contributed by atoms with Crippen molar-refractivity contribution in [2.45, 2.75) is 19.9 Å². The third-order valence-corrected chi connectivity index (χ3v) is 4.03. The van der Waals surface area contributed by atoms with Gasteiger partial charge in [0.25, 0.3) is 0 Å². The largest absolute Gasteiger partial charge is 0.454 e. The van der Waals surface area contributed by atoms with Crippen LogP contribution in [0.25, 0.3) is 11.0 Å². The first-order valence-corrected chi connectivity index (χ1v) is 7.56. The lowest BCUT2D eigenvalue weighted by molar-refractivity contribution is 0.174. The normalized spacial score (nSPS) is 12.5. The van der Waals surface area contributed by atoms with Crippen LogP contribution in [0, 0.1) is 11.3 Å². The van der Waals surface area contributed by atoms with Crippen LogP contribution < -0.4 is 9.47 Å². The van der Waals surface area contributed by atoms with Gasteiger partial charge < -0.3 is 14.0 Å². The van der Waals surface area contributed by atoms with Crippen LogP contribution in [0.1, 0.15) is 23.9 Å². The van der Waals surface area contributed by atoms with Crippen molar-refractivity contribution in [3.05, 3.63) is 53.3 Å². The fourth-order valence-electron chi connectivity index (χ4n) is 2.93. The highest BCUT2D eigenvalue weighted by Crippen LogP contribution is 2.36. The van der Waals surface area contributed by atoms with Crippen molar-refractivity contribution >= 4 is 11.0 Å². The molecule has 0 unspecified atom stereocenters. The third-order valence-electron chi connectivity index (χ3n) is 4.03. The van der Waals surface area contributed by atoms with Gasteiger partial charge in [0, 0.05) is 25.1 Å². The van der Waals surface area contributed by atoms with E-state index in [1.807, 2.05) is 36.4 Å². The Labute approximate surface area is 133 Å². The van der Waals surface area contributed by atoms with Gasteiger partial charge in [0.1, 0.15) is 5.82 Å². The molecule has 0 saturated carbocycles. The van der Waals surface area contributed by atoms with Crippen molar-refractivity contribution in [3.63, 3.8) is 0 Å². The first-order valence-electron chi connectivity index (χ1n) is 7.56. The Balaban J connectivity index is 1.83. The molecule has 3 aromatic rings.